The molecule has 0 aliphatic heterocycles. The monoisotopic (exact) mass is 253 g/mol. The van der Waals surface area contributed by atoms with E-state index in [1.807, 2.05) is 0 Å². The van der Waals surface area contributed by atoms with Gasteiger partial charge in [-0.05, 0) is 37.5 Å². The Kier molecular flexibility index (Phi) is 4.71. The zero-order valence-electron chi connectivity index (χ0n) is 12.3. The van der Waals surface area contributed by atoms with Crippen molar-refractivity contribution in [3.8, 4) is 0 Å². The summed E-state index contributed by atoms with van der Waals surface area (Å²) >= 11 is 0. The highest BCUT2D eigenvalue weighted by molar-refractivity contribution is 4.88. The minimum absolute atomic E-state index is 0.419. The third-order valence-electron chi connectivity index (χ3n) is 4.96. The van der Waals surface area contributed by atoms with E-state index in [0.29, 0.717) is 11.5 Å². The van der Waals surface area contributed by atoms with Crippen molar-refractivity contribution in [2.75, 3.05) is 6.54 Å². The molecule has 2 aliphatic rings. The Morgan fingerprint density at radius 1 is 1.00 bits per heavy atom. The van der Waals surface area contributed by atoms with Crippen LogP contribution in [0.2, 0.25) is 0 Å². The predicted octanol–water partition coefficient (Wildman–Crippen LogP) is 3.63. The van der Waals surface area contributed by atoms with Gasteiger partial charge in [0.2, 0.25) is 0 Å². The smallest absolute Gasteiger partial charge is 0.0771 e. The van der Waals surface area contributed by atoms with E-state index in [2.05, 4.69) is 19.2 Å². The molecule has 0 amide bonds. The van der Waals surface area contributed by atoms with E-state index in [9.17, 15) is 5.11 Å². The van der Waals surface area contributed by atoms with Gasteiger partial charge in [0, 0.05) is 12.6 Å². The molecule has 2 saturated carbocycles. The first-order chi connectivity index (χ1) is 8.49. The van der Waals surface area contributed by atoms with Gasteiger partial charge in [-0.3, -0.25) is 0 Å². The van der Waals surface area contributed by atoms with E-state index in [-0.39, 0.29) is 0 Å². The molecule has 2 nitrogen and oxygen atoms in total. The minimum Gasteiger partial charge on any atom is -0.389 e. The zero-order valence-corrected chi connectivity index (χ0v) is 12.3. The normalized spacial score (nSPS) is 31.8. The van der Waals surface area contributed by atoms with Crippen LogP contribution in [0.15, 0.2) is 0 Å². The van der Waals surface area contributed by atoms with Crippen LogP contribution in [-0.4, -0.2) is 23.3 Å². The van der Waals surface area contributed by atoms with Crippen LogP contribution in [-0.2, 0) is 0 Å². The fraction of sp³-hybridized carbons (Fsp3) is 1.00. The van der Waals surface area contributed by atoms with Gasteiger partial charge < -0.3 is 10.4 Å². The molecule has 1 unspecified atom stereocenters. The van der Waals surface area contributed by atoms with Crippen LogP contribution in [0.5, 0.6) is 0 Å². The van der Waals surface area contributed by atoms with Gasteiger partial charge in [0.25, 0.3) is 0 Å². The van der Waals surface area contributed by atoms with Gasteiger partial charge >= 0.3 is 0 Å². The van der Waals surface area contributed by atoms with Crippen molar-refractivity contribution in [1.29, 1.82) is 0 Å². The third kappa shape index (κ3) is 4.24. The largest absolute Gasteiger partial charge is 0.389 e. The fourth-order valence-corrected chi connectivity index (χ4v) is 3.77. The summed E-state index contributed by atoms with van der Waals surface area (Å²) in [4.78, 5) is 0. The van der Waals surface area contributed by atoms with Gasteiger partial charge in [-0.2, -0.15) is 0 Å². The molecule has 2 heteroatoms. The van der Waals surface area contributed by atoms with Crippen molar-refractivity contribution >= 4 is 0 Å². The molecule has 0 spiro atoms. The Labute approximate surface area is 113 Å². The molecule has 0 aromatic carbocycles. The maximum atomic E-state index is 10.6. The van der Waals surface area contributed by atoms with E-state index in [0.717, 1.165) is 19.4 Å². The Hall–Kier alpha value is -0.0800. The first-order valence-corrected chi connectivity index (χ1v) is 7.95. The van der Waals surface area contributed by atoms with E-state index in [1.165, 1.54) is 51.4 Å². The standard InChI is InChI=1S/C16H31NO/c1-15(2)9-7-8-14(12-15)17-13-16(18)10-5-3-4-6-11-16/h14,17-18H,3-13H2,1-2H3. The summed E-state index contributed by atoms with van der Waals surface area (Å²) in [5, 5.41) is 14.3. The molecule has 2 rings (SSSR count). The zero-order chi connectivity index (χ0) is 13.1. The second-order valence-corrected chi connectivity index (χ2v) is 7.48. The lowest BCUT2D eigenvalue weighted by molar-refractivity contribution is 0.0192. The summed E-state index contributed by atoms with van der Waals surface area (Å²) in [6.45, 7) is 5.57. The fourth-order valence-electron chi connectivity index (χ4n) is 3.77. The van der Waals surface area contributed by atoms with E-state index >= 15 is 0 Å². The Morgan fingerprint density at radius 2 is 1.67 bits per heavy atom. The molecule has 18 heavy (non-hydrogen) atoms. The van der Waals surface area contributed by atoms with Gasteiger partial charge in [0.1, 0.15) is 0 Å². The summed E-state index contributed by atoms with van der Waals surface area (Å²) in [6, 6.07) is 0.626. The summed E-state index contributed by atoms with van der Waals surface area (Å²) < 4.78 is 0. The molecular weight excluding hydrogens is 222 g/mol. The molecular formula is C16H31NO. The highest BCUT2D eigenvalue weighted by Gasteiger charge is 2.31. The highest BCUT2D eigenvalue weighted by Crippen LogP contribution is 2.35. The van der Waals surface area contributed by atoms with Crippen molar-refractivity contribution < 1.29 is 5.11 Å². The molecule has 106 valence electrons. The molecule has 2 fully saturated rings. The molecule has 0 saturated heterocycles. The quantitative estimate of drug-likeness (QED) is 0.753. The maximum absolute atomic E-state index is 10.6. The molecule has 0 bridgehead atoms. The second kappa shape index (κ2) is 5.92. The Morgan fingerprint density at radius 3 is 2.28 bits per heavy atom. The van der Waals surface area contributed by atoms with Crippen molar-refractivity contribution in [1.82, 2.24) is 5.32 Å². The summed E-state index contributed by atoms with van der Waals surface area (Å²) in [5.74, 6) is 0. The van der Waals surface area contributed by atoms with E-state index < -0.39 is 5.60 Å². The number of hydrogen-bond donors (Lipinski definition) is 2. The minimum atomic E-state index is -0.419. The maximum Gasteiger partial charge on any atom is 0.0771 e. The topological polar surface area (TPSA) is 32.3 Å². The van der Waals surface area contributed by atoms with Gasteiger partial charge in [0.15, 0.2) is 0 Å². The Bertz CT molecular complexity index is 254. The molecule has 2 aliphatic carbocycles. The number of hydrogen-bond acceptors (Lipinski definition) is 2. The lowest BCUT2D eigenvalue weighted by Gasteiger charge is -2.37. The van der Waals surface area contributed by atoms with Gasteiger partial charge in [-0.15, -0.1) is 0 Å². The van der Waals surface area contributed by atoms with Crippen LogP contribution in [0.25, 0.3) is 0 Å². The number of aliphatic hydroxyl groups is 1. The number of rotatable bonds is 3. The van der Waals surface area contributed by atoms with E-state index in [1.54, 1.807) is 0 Å². The molecule has 0 aromatic rings. The van der Waals surface area contributed by atoms with Gasteiger partial charge in [-0.1, -0.05) is 46.0 Å². The summed E-state index contributed by atoms with van der Waals surface area (Å²) in [7, 11) is 0. The van der Waals surface area contributed by atoms with Crippen molar-refractivity contribution in [2.24, 2.45) is 5.41 Å². The van der Waals surface area contributed by atoms with E-state index in [4.69, 9.17) is 0 Å². The average Bonchev–Trinajstić information content (AvgIpc) is 2.51. The van der Waals surface area contributed by atoms with Crippen molar-refractivity contribution in [3.05, 3.63) is 0 Å². The van der Waals surface area contributed by atoms with Crippen LogP contribution in [0.4, 0.5) is 0 Å². The lowest BCUT2D eigenvalue weighted by Crippen LogP contribution is -2.46. The molecule has 0 heterocycles. The predicted molar refractivity (Wildman–Crippen MR) is 76.7 cm³/mol. The summed E-state index contributed by atoms with van der Waals surface area (Å²) in [6.07, 6.45) is 12.3. The van der Waals surface area contributed by atoms with Crippen LogP contribution in [0.1, 0.15) is 78.1 Å². The van der Waals surface area contributed by atoms with Crippen LogP contribution in [0, 0.1) is 5.41 Å². The molecule has 0 radical (unpaired) electrons. The third-order valence-corrected chi connectivity index (χ3v) is 4.96. The van der Waals surface area contributed by atoms with Gasteiger partial charge in [0.05, 0.1) is 5.60 Å². The van der Waals surface area contributed by atoms with Crippen LogP contribution >= 0.6 is 0 Å². The molecule has 0 aromatic heterocycles. The lowest BCUT2D eigenvalue weighted by atomic mass is 9.75. The highest BCUT2D eigenvalue weighted by atomic mass is 16.3. The van der Waals surface area contributed by atoms with Crippen molar-refractivity contribution in [2.45, 2.75) is 89.7 Å². The summed E-state index contributed by atoms with van der Waals surface area (Å²) in [5.41, 5.74) is 0.0695. The molecule has 1 atom stereocenters. The first kappa shape index (κ1) is 14.3. The first-order valence-electron chi connectivity index (χ1n) is 7.95. The molecule has 2 N–H and O–H groups in total. The van der Waals surface area contributed by atoms with Crippen molar-refractivity contribution in [3.63, 3.8) is 0 Å². The SMILES string of the molecule is CC1(C)CCCC(NCC2(O)CCCCCC2)C1. The number of nitrogens with one attached hydrogen (secondary N) is 1. The van der Waals surface area contributed by atoms with Crippen LogP contribution in [0.3, 0.4) is 0 Å². The second-order valence-electron chi connectivity index (χ2n) is 7.48. The van der Waals surface area contributed by atoms with Crippen LogP contribution < -0.4 is 5.32 Å². The average molecular weight is 253 g/mol. The van der Waals surface area contributed by atoms with Gasteiger partial charge in [-0.25, -0.2) is 0 Å². The Balaban J connectivity index is 1.79.